The maximum atomic E-state index is 6.67. The summed E-state index contributed by atoms with van der Waals surface area (Å²) in [5.41, 5.74) is 9.71. The summed E-state index contributed by atoms with van der Waals surface area (Å²) in [6.07, 6.45) is 1.89. The van der Waals surface area contributed by atoms with Crippen molar-refractivity contribution in [2.75, 3.05) is 7.11 Å². The molecule has 3 rings (SSSR count). The molecular formula is C16H16ClNO. The van der Waals surface area contributed by atoms with Crippen LogP contribution in [0.1, 0.15) is 23.1 Å². The van der Waals surface area contributed by atoms with Gasteiger partial charge >= 0.3 is 0 Å². The fourth-order valence-corrected chi connectivity index (χ4v) is 3.04. The highest BCUT2D eigenvalue weighted by Crippen LogP contribution is 2.41. The lowest BCUT2D eigenvalue weighted by atomic mass is 9.85. The van der Waals surface area contributed by atoms with E-state index in [-0.39, 0.29) is 0 Å². The number of benzene rings is 2. The van der Waals surface area contributed by atoms with Crippen LogP contribution in [-0.2, 0) is 12.0 Å². The van der Waals surface area contributed by atoms with Gasteiger partial charge in [-0.1, -0.05) is 29.8 Å². The molecule has 0 bridgehead atoms. The van der Waals surface area contributed by atoms with Crippen LogP contribution in [0.2, 0.25) is 5.02 Å². The molecule has 1 aliphatic rings. The highest BCUT2D eigenvalue weighted by Gasteiger charge is 2.36. The molecule has 0 saturated carbocycles. The Morgan fingerprint density at radius 3 is 2.79 bits per heavy atom. The van der Waals surface area contributed by atoms with Crippen LogP contribution in [0.5, 0.6) is 5.75 Å². The number of ether oxygens (including phenoxy) is 1. The molecule has 2 aromatic rings. The summed E-state index contributed by atoms with van der Waals surface area (Å²) >= 11 is 6.09. The molecule has 1 unspecified atom stereocenters. The zero-order chi connectivity index (χ0) is 13.5. The maximum Gasteiger partial charge on any atom is 0.119 e. The largest absolute Gasteiger partial charge is 0.497 e. The number of hydrogen-bond acceptors (Lipinski definition) is 2. The molecule has 0 fully saturated rings. The summed E-state index contributed by atoms with van der Waals surface area (Å²) < 4.78 is 5.31. The monoisotopic (exact) mass is 273 g/mol. The van der Waals surface area contributed by atoms with Crippen LogP contribution in [0, 0.1) is 0 Å². The second kappa shape index (κ2) is 4.55. The predicted molar refractivity (Wildman–Crippen MR) is 77.7 cm³/mol. The minimum absolute atomic E-state index is 0.464. The van der Waals surface area contributed by atoms with E-state index in [2.05, 4.69) is 6.07 Å². The third-order valence-corrected chi connectivity index (χ3v) is 4.16. The molecule has 0 saturated heterocycles. The first-order chi connectivity index (χ1) is 9.13. The third-order valence-electron chi connectivity index (χ3n) is 3.93. The topological polar surface area (TPSA) is 35.2 Å². The van der Waals surface area contributed by atoms with E-state index in [9.17, 15) is 0 Å². The predicted octanol–water partition coefficient (Wildman–Crippen LogP) is 3.50. The Morgan fingerprint density at radius 1 is 1.21 bits per heavy atom. The van der Waals surface area contributed by atoms with Crippen LogP contribution in [0.4, 0.5) is 0 Å². The van der Waals surface area contributed by atoms with E-state index < -0.39 is 5.54 Å². The van der Waals surface area contributed by atoms with Crippen molar-refractivity contribution in [1.29, 1.82) is 0 Å². The van der Waals surface area contributed by atoms with Gasteiger partial charge in [0.2, 0.25) is 0 Å². The number of nitrogens with two attached hydrogens (primary N) is 1. The van der Waals surface area contributed by atoms with Crippen LogP contribution in [0.15, 0.2) is 42.5 Å². The Morgan fingerprint density at radius 2 is 2.05 bits per heavy atom. The van der Waals surface area contributed by atoms with E-state index in [0.29, 0.717) is 0 Å². The number of halogens is 1. The van der Waals surface area contributed by atoms with E-state index in [1.54, 1.807) is 7.11 Å². The smallest absolute Gasteiger partial charge is 0.119 e. The lowest BCUT2D eigenvalue weighted by Crippen LogP contribution is -2.35. The molecule has 0 heterocycles. The van der Waals surface area contributed by atoms with Gasteiger partial charge in [-0.15, -0.1) is 0 Å². The molecule has 2 aromatic carbocycles. The minimum Gasteiger partial charge on any atom is -0.497 e. The van der Waals surface area contributed by atoms with Gasteiger partial charge in [0, 0.05) is 5.02 Å². The first kappa shape index (κ1) is 12.5. The Balaban J connectivity index is 2.13. The molecule has 0 aromatic heterocycles. The summed E-state index contributed by atoms with van der Waals surface area (Å²) in [5, 5.41) is 0.721. The van der Waals surface area contributed by atoms with Gasteiger partial charge in [0.05, 0.1) is 12.6 Å². The van der Waals surface area contributed by atoms with E-state index in [4.69, 9.17) is 22.1 Å². The van der Waals surface area contributed by atoms with Crippen LogP contribution >= 0.6 is 11.6 Å². The average molecular weight is 274 g/mol. The lowest BCUT2D eigenvalue weighted by Gasteiger charge is -2.26. The zero-order valence-electron chi connectivity index (χ0n) is 10.8. The van der Waals surface area contributed by atoms with E-state index in [1.807, 2.05) is 36.4 Å². The molecule has 2 N–H and O–H groups in total. The lowest BCUT2D eigenvalue weighted by molar-refractivity contribution is 0.413. The Bertz CT molecular complexity index is 626. The number of aryl methyl sites for hydroxylation is 1. The molecule has 1 aliphatic carbocycles. The van der Waals surface area contributed by atoms with Crippen LogP contribution in [0.3, 0.4) is 0 Å². The van der Waals surface area contributed by atoms with Crippen molar-refractivity contribution < 1.29 is 4.74 Å². The molecule has 1 atom stereocenters. The van der Waals surface area contributed by atoms with Crippen LogP contribution in [0.25, 0.3) is 0 Å². The fraction of sp³-hybridized carbons (Fsp3) is 0.250. The minimum atomic E-state index is -0.464. The second-order valence-corrected chi connectivity index (χ2v) is 5.44. The molecule has 19 heavy (non-hydrogen) atoms. The second-order valence-electron chi connectivity index (χ2n) is 5.00. The summed E-state index contributed by atoms with van der Waals surface area (Å²) in [5.74, 6) is 0.845. The highest BCUT2D eigenvalue weighted by molar-refractivity contribution is 6.30. The molecule has 0 radical (unpaired) electrons. The summed E-state index contributed by atoms with van der Waals surface area (Å²) in [4.78, 5) is 0. The third kappa shape index (κ3) is 2.01. The Kier molecular flexibility index (Phi) is 3.00. The molecule has 98 valence electrons. The quantitative estimate of drug-likeness (QED) is 0.909. The van der Waals surface area contributed by atoms with Crippen molar-refractivity contribution >= 4 is 11.6 Å². The SMILES string of the molecule is COc1ccc2c(c1)C(N)(c1cccc(Cl)c1)CC2. The molecule has 3 heteroatoms. The van der Waals surface area contributed by atoms with Crippen LogP contribution < -0.4 is 10.5 Å². The number of rotatable bonds is 2. The van der Waals surface area contributed by atoms with Gasteiger partial charge in [-0.3, -0.25) is 0 Å². The number of fused-ring (bicyclic) bond motifs is 1. The number of hydrogen-bond donors (Lipinski definition) is 1. The molecular weight excluding hydrogens is 258 g/mol. The van der Waals surface area contributed by atoms with Crippen molar-refractivity contribution in [3.8, 4) is 5.75 Å². The maximum absolute atomic E-state index is 6.67. The Hall–Kier alpha value is -1.51. The Labute approximate surface area is 118 Å². The van der Waals surface area contributed by atoms with E-state index >= 15 is 0 Å². The van der Waals surface area contributed by atoms with Gasteiger partial charge in [0.15, 0.2) is 0 Å². The molecule has 0 aliphatic heterocycles. The van der Waals surface area contributed by atoms with Gasteiger partial charge in [0.1, 0.15) is 5.75 Å². The molecule has 2 nitrogen and oxygen atoms in total. The van der Waals surface area contributed by atoms with Crippen molar-refractivity contribution in [3.05, 3.63) is 64.2 Å². The van der Waals surface area contributed by atoms with Gasteiger partial charge in [0.25, 0.3) is 0 Å². The molecule has 0 spiro atoms. The van der Waals surface area contributed by atoms with E-state index in [0.717, 1.165) is 34.7 Å². The van der Waals surface area contributed by atoms with Crippen LogP contribution in [-0.4, -0.2) is 7.11 Å². The number of methoxy groups -OCH3 is 1. The first-order valence-corrected chi connectivity index (χ1v) is 6.73. The standard InChI is InChI=1S/C16H16ClNO/c1-19-14-6-5-11-7-8-16(18,15(11)10-14)12-3-2-4-13(17)9-12/h2-6,9-10H,7-8,18H2,1H3. The summed E-state index contributed by atoms with van der Waals surface area (Å²) in [7, 11) is 1.67. The normalized spacial score (nSPS) is 21.2. The average Bonchev–Trinajstić information content (AvgIpc) is 2.77. The van der Waals surface area contributed by atoms with E-state index in [1.165, 1.54) is 5.56 Å². The molecule has 0 amide bonds. The van der Waals surface area contributed by atoms with Crippen molar-refractivity contribution in [1.82, 2.24) is 0 Å². The summed E-state index contributed by atoms with van der Waals surface area (Å²) in [6, 6.07) is 14.0. The van der Waals surface area contributed by atoms with Crippen molar-refractivity contribution in [2.45, 2.75) is 18.4 Å². The van der Waals surface area contributed by atoms with Gasteiger partial charge in [-0.25, -0.2) is 0 Å². The highest BCUT2D eigenvalue weighted by atomic mass is 35.5. The van der Waals surface area contributed by atoms with Gasteiger partial charge in [-0.05, 0) is 53.8 Å². The zero-order valence-corrected chi connectivity index (χ0v) is 11.6. The first-order valence-electron chi connectivity index (χ1n) is 6.36. The summed E-state index contributed by atoms with van der Waals surface area (Å²) in [6.45, 7) is 0. The van der Waals surface area contributed by atoms with Gasteiger partial charge < -0.3 is 10.5 Å². The fourth-order valence-electron chi connectivity index (χ4n) is 2.85. The van der Waals surface area contributed by atoms with Gasteiger partial charge in [-0.2, -0.15) is 0 Å². The van der Waals surface area contributed by atoms with Crippen molar-refractivity contribution in [2.24, 2.45) is 5.73 Å². The van der Waals surface area contributed by atoms with Crippen molar-refractivity contribution in [3.63, 3.8) is 0 Å².